The van der Waals surface area contributed by atoms with E-state index in [9.17, 15) is 9.59 Å². The Morgan fingerprint density at radius 2 is 2.00 bits per heavy atom. The molecule has 0 spiro atoms. The van der Waals surface area contributed by atoms with Crippen LogP contribution in [0.3, 0.4) is 0 Å². The molecule has 0 amide bonds. The van der Waals surface area contributed by atoms with E-state index >= 15 is 0 Å². The molecule has 0 unspecified atom stereocenters. The lowest BCUT2D eigenvalue weighted by Crippen LogP contribution is -2.09. The SMILES string of the molecule is C[C@H](C(=O)O)c1ccc2c(c1)C(=O)c1ccc(Cl)cc1CO2. The molecular weight excluding hydrogens is 304 g/mol. The topological polar surface area (TPSA) is 63.6 Å². The number of carbonyl (C=O) groups excluding carboxylic acids is 1. The fourth-order valence-corrected chi connectivity index (χ4v) is 2.66. The van der Waals surface area contributed by atoms with Crippen molar-refractivity contribution in [2.45, 2.75) is 19.4 Å². The average molecular weight is 317 g/mol. The Hall–Kier alpha value is -2.33. The molecule has 0 saturated carbocycles. The van der Waals surface area contributed by atoms with Crippen molar-refractivity contribution in [1.29, 1.82) is 0 Å². The maximum absolute atomic E-state index is 12.7. The Balaban J connectivity index is 2.10. The molecule has 0 bridgehead atoms. The zero-order valence-corrected chi connectivity index (χ0v) is 12.6. The molecular formula is C17H13ClO4. The highest BCUT2D eigenvalue weighted by Gasteiger charge is 2.24. The molecule has 1 N–H and O–H groups in total. The highest BCUT2D eigenvalue weighted by Crippen LogP contribution is 2.32. The Kier molecular flexibility index (Phi) is 3.62. The molecule has 0 fully saturated rings. The predicted octanol–water partition coefficient (Wildman–Crippen LogP) is 3.65. The first-order valence-corrected chi connectivity index (χ1v) is 7.18. The first-order chi connectivity index (χ1) is 10.5. The molecule has 0 radical (unpaired) electrons. The summed E-state index contributed by atoms with van der Waals surface area (Å²) in [5, 5.41) is 9.66. The van der Waals surface area contributed by atoms with Crippen molar-refractivity contribution in [2.75, 3.05) is 0 Å². The van der Waals surface area contributed by atoms with E-state index < -0.39 is 11.9 Å². The van der Waals surface area contributed by atoms with Crippen LogP contribution in [-0.4, -0.2) is 16.9 Å². The monoisotopic (exact) mass is 316 g/mol. The molecule has 1 heterocycles. The van der Waals surface area contributed by atoms with Crippen molar-refractivity contribution < 1.29 is 19.4 Å². The van der Waals surface area contributed by atoms with Gasteiger partial charge in [-0.05, 0) is 42.8 Å². The summed E-state index contributed by atoms with van der Waals surface area (Å²) in [5.41, 5.74) is 2.21. The summed E-state index contributed by atoms with van der Waals surface area (Å²) in [6, 6.07) is 9.96. The van der Waals surface area contributed by atoms with Gasteiger partial charge in [0.2, 0.25) is 0 Å². The average Bonchev–Trinajstić information content (AvgIpc) is 2.63. The molecule has 0 saturated heterocycles. The third-order valence-corrected chi connectivity index (χ3v) is 4.05. The minimum Gasteiger partial charge on any atom is -0.488 e. The van der Waals surface area contributed by atoms with Gasteiger partial charge in [-0.15, -0.1) is 0 Å². The lowest BCUT2D eigenvalue weighted by atomic mass is 9.94. The van der Waals surface area contributed by atoms with Crippen LogP contribution in [0.1, 0.15) is 39.9 Å². The number of benzene rings is 2. The number of hydrogen-bond acceptors (Lipinski definition) is 3. The number of ether oxygens (including phenoxy) is 1. The number of aliphatic carboxylic acids is 1. The summed E-state index contributed by atoms with van der Waals surface area (Å²) in [4.78, 5) is 23.8. The van der Waals surface area contributed by atoms with Gasteiger partial charge < -0.3 is 9.84 Å². The minimum absolute atomic E-state index is 0.182. The van der Waals surface area contributed by atoms with E-state index in [-0.39, 0.29) is 12.4 Å². The second-order valence-electron chi connectivity index (χ2n) is 5.23. The minimum atomic E-state index is -0.936. The van der Waals surface area contributed by atoms with Gasteiger partial charge in [0.25, 0.3) is 0 Å². The summed E-state index contributed by atoms with van der Waals surface area (Å²) in [6.45, 7) is 1.84. The number of fused-ring (bicyclic) bond motifs is 2. The summed E-state index contributed by atoms with van der Waals surface area (Å²) >= 11 is 5.96. The molecule has 1 atom stereocenters. The molecule has 5 heteroatoms. The quantitative estimate of drug-likeness (QED) is 0.918. The van der Waals surface area contributed by atoms with Gasteiger partial charge in [-0.25, -0.2) is 0 Å². The molecule has 2 aromatic carbocycles. The lowest BCUT2D eigenvalue weighted by Gasteiger charge is -2.11. The van der Waals surface area contributed by atoms with Crippen molar-refractivity contribution >= 4 is 23.4 Å². The summed E-state index contributed by atoms with van der Waals surface area (Å²) in [7, 11) is 0. The van der Waals surface area contributed by atoms with E-state index in [1.807, 2.05) is 0 Å². The van der Waals surface area contributed by atoms with E-state index in [2.05, 4.69) is 0 Å². The van der Waals surface area contributed by atoms with E-state index in [0.717, 1.165) is 5.56 Å². The van der Waals surface area contributed by atoms with Gasteiger partial charge in [0, 0.05) is 16.1 Å². The molecule has 3 rings (SSSR count). The fraction of sp³-hybridized carbons (Fsp3) is 0.176. The molecule has 0 aromatic heterocycles. The first-order valence-electron chi connectivity index (χ1n) is 6.80. The van der Waals surface area contributed by atoms with Crippen LogP contribution in [0, 0.1) is 0 Å². The van der Waals surface area contributed by atoms with Crippen LogP contribution in [0.5, 0.6) is 5.75 Å². The number of hydrogen-bond donors (Lipinski definition) is 1. The number of halogens is 1. The van der Waals surface area contributed by atoms with Gasteiger partial charge >= 0.3 is 5.97 Å². The van der Waals surface area contributed by atoms with Gasteiger partial charge in [-0.2, -0.15) is 0 Å². The van der Waals surface area contributed by atoms with Crippen LogP contribution < -0.4 is 4.74 Å². The van der Waals surface area contributed by atoms with Gasteiger partial charge in [0.05, 0.1) is 11.5 Å². The third-order valence-electron chi connectivity index (χ3n) is 3.81. The van der Waals surface area contributed by atoms with Gasteiger partial charge in [0.1, 0.15) is 12.4 Å². The van der Waals surface area contributed by atoms with Crippen molar-refractivity contribution in [2.24, 2.45) is 0 Å². The smallest absolute Gasteiger partial charge is 0.310 e. The molecule has 1 aliphatic heterocycles. The van der Waals surface area contributed by atoms with Crippen LogP contribution >= 0.6 is 11.6 Å². The number of carboxylic acid groups (broad SMARTS) is 1. The zero-order chi connectivity index (χ0) is 15.9. The van der Waals surface area contributed by atoms with Crippen LogP contribution in [0.25, 0.3) is 0 Å². The maximum atomic E-state index is 12.7. The molecule has 0 aliphatic carbocycles. The standard InChI is InChI=1S/C17H13ClO4/c1-9(17(20)21)10-2-5-15-14(7-10)16(19)13-4-3-12(18)6-11(13)8-22-15/h2-7,9H,8H2,1H3,(H,20,21)/t9-/m0/s1. The maximum Gasteiger partial charge on any atom is 0.310 e. The van der Waals surface area contributed by atoms with Crippen LogP contribution in [0.4, 0.5) is 0 Å². The fourth-order valence-electron chi connectivity index (χ4n) is 2.47. The summed E-state index contributed by atoms with van der Waals surface area (Å²) in [6.07, 6.45) is 0. The van der Waals surface area contributed by atoms with Gasteiger partial charge in [-0.1, -0.05) is 17.7 Å². The summed E-state index contributed by atoms with van der Waals surface area (Å²) < 4.78 is 5.67. The number of ketones is 1. The molecule has 1 aliphatic rings. The van der Waals surface area contributed by atoms with Crippen molar-refractivity contribution in [3.8, 4) is 5.75 Å². The van der Waals surface area contributed by atoms with E-state index in [4.69, 9.17) is 21.4 Å². The van der Waals surface area contributed by atoms with E-state index in [1.54, 1.807) is 43.3 Å². The van der Waals surface area contributed by atoms with E-state index in [1.165, 1.54) is 0 Å². The molecule has 4 nitrogen and oxygen atoms in total. The number of rotatable bonds is 2. The van der Waals surface area contributed by atoms with Crippen molar-refractivity contribution in [3.05, 3.63) is 63.7 Å². The normalized spacial score (nSPS) is 14.4. The van der Waals surface area contributed by atoms with Crippen molar-refractivity contribution in [3.63, 3.8) is 0 Å². The molecule has 2 aromatic rings. The van der Waals surface area contributed by atoms with Crippen LogP contribution in [0.15, 0.2) is 36.4 Å². The van der Waals surface area contributed by atoms with Gasteiger partial charge in [-0.3, -0.25) is 9.59 Å². The highest BCUT2D eigenvalue weighted by molar-refractivity contribution is 6.30. The molecule has 22 heavy (non-hydrogen) atoms. The second-order valence-corrected chi connectivity index (χ2v) is 5.67. The summed E-state index contributed by atoms with van der Waals surface area (Å²) in [5.74, 6) is -1.35. The predicted molar refractivity (Wildman–Crippen MR) is 81.7 cm³/mol. The highest BCUT2D eigenvalue weighted by atomic mass is 35.5. The van der Waals surface area contributed by atoms with Crippen molar-refractivity contribution in [1.82, 2.24) is 0 Å². The van der Waals surface area contributed by atoms with E-state index in [0.29, 0.717) is 27.5 Å². The zero-order valence-electron chi connectivity index (χ0n) is 11.8. The Morgan fingerprint density at radius 3 is 2.73 bits per heavy atom. The second kappa shape index (κ2) is 5.46. The number of carbonyl (C=O) groups is 2. The molecule has 112 valence electrons. The first kappa shape index (κ1) is 14.6. The van der Waals surface area contributed by atoms with Crippen LogP contribution in [0.2, 0.25) is 5.02 Å². The Morgan fingerprint density at radius 1 is 1.23 bits per heavy atom. The Bertz CT molecular complexity index is 782. The number of carboxylic acids is 1. The lowest BCUT2D eigenvalue weighted by molar-refractivity contribution is -0.138. The largest absolute Gasteiger partial charge is 0.488 e. The third kappa shape index (κ3) is 2.46. The van der Waals surface area contributed by atoms with Gasteiger partial charge in [0.15, 0.2) is 5.78 Å². The Labute approximate surface area is 132 Å². The van der Waals surface area contributed by atoms with Crippen LogP contribution in [-0.2, 0) is 11.4 Å².